The van der Waals surface area contributed by atoms with Gasteiger partial charge in [0.05, 0.1) is 6.20 Å². The van der Waals surface area contributed by atoms with Crippen molar-refractivity contribution < 1.29 is 4.79 Å². The molecule has 1 atom stereocenters. The van der Waals surface area contributed by atoms with Crippen molar-refractivity contribution in [3.05, 3.63) is 53.3 Å². The fourth-order valence-corrected chi connectivity index (χ4v) is 3.60. The number of aryl methyl sites for hydroxylation is 1. The van der Waals surface area contributed by atoms with Crippen molar-refractivity contribution in [1.82, 2.24) is 25.3 Å². The molecular weight excluding hydrogens is 352 g/mol. The Morgan fingerprint density at radius 1 is 1.39 bits per heavy atom. The molecule has 1 aliphatic rings. The molecule has 1 aromatic heterocycles. The molecular formula is C21H30N6O. The Morgan fingerprint density at radius 2 is 2.25 bits per heavy atom. The van der Waals surface area contributed by atoms with Crippen LogP contribution in [0.2, 0.25) is 0 Å². The predicted octanol–water partition coefficient (Wildman–Crippen LogP) is 1.78. The van der Waals surface area contributed by atoms with Gasteiger partial charge in [-0.15, -0.1) is 0 Å². The average molecular weight is 383 g/mol. The molecule has 1 amide bonds. The van der Waals surface area contributed by atoms with Gasteiger partial charge < -0.3 is 15.5 Å². The second kappa shape index (κ2) is 9.39. The van der Waals surface area contributed by atoms with E-state index < -0.39 is 0 Å². The maximum absolute atomic E-state index is 11.8. The molecule has 2 N–H and O–H groups in total. The van der Waals surface area contributed by atoms with Crippen LogP contribution >= 0.6 is 0 Å². The number of benzene rings is 1. The summed E-state index contributed by atoms with van der Waals surface area (Å²) in [6.07, 6.45) is 6.00. The van der Waals surface area contributed by atoms with Gasteiger partial charge in [-0.05, 0) is 43.0 Å². The van der Waals surface area contributed by atoms with Gasteiger partial charge in [-0.3, -0.25) is 14.5 Å². The number of aromatic nitrogens is 2. The third-order valence-corrected chi connectivity index (χ3v) is 5.10. The number of hydrogen-bond acceptors (Lipinski definition) is 3. The van der Waals surface area contributed by atoms with Gasteiger partial charge in [0.2, 0.25) is 0 Å². The zero-order valence-corrected chi connectivity index (χ0v) is 17.0. The Morgan fingerprint density at radius 3 is 2.96 bits per heavy atom. The van der Waals surface area contributed by atoms with E-state index in [0.29, 0.717) is 18.0 Å². The van der Waals surface area contributed by atoms with Crippen LogP contribution in [0.15, 0.2) is 41.7 Å². The third kappa shape index (κ3) is 4.91. The maximum atomic E-state index is 11.8. The zero-order chi connectivity index (χ0) is 19.9. The lowest BCUT2D eigenvalue weighted by molar-refractivity contribution is 0.0963. The van der Waals surface area contributed by atoms with Crippen molar-refractivity contribution in [1.29, 1.82) is 0 Å². The van der Waals surface area contributed by atoms with Gasteiger partial charge in [0, 0.05) is 58.0 Å². The molecule has 2 aromatic rings. The van der Waals surface area contributed by atoms with Gasteiger partial charge in [-0.1, -0.05) is 12.1 Å². The molecule has 28 heavy (non-hydrogen) atoms. The lowest BCUT2D eigenvalue weighted by Gasteiger charge is -2.21. The maximum Gasteiger partial charge on any atom is 0.251 e. The molecule has 0 saturated carbocycles. The summed E-state index contributed by atoms with van der Waals surface area (Å²) >= 11 is 0. The van der Waals surface area contributed by atoms with Crippen LogP contribution in [0.4, 0.5) is 0 Å². The second-order valence-corrected chi connectivity index (χ2v) is 7.14. The number of guanidine groups is 1. The quantitative estimate of drug-likeness (QED) is 0.590. The average Bonchev–Trinajstić information content (AvgIpc) is 3.36. The van der Waals surface area contributed by atoms with Gasteiger partial charge in [-0.2, -0.15) is 5.10 Å². The largest absolute Gasteiger partial charge is 0.357 e. The monoisotopic (exact) mass is 382 g/mol. The Labute approximate surface area is 166 Å². The predicted molar refractivity (Wildman–Crippen MR) is 112 cm³/mol. The van der Waals surface area contributed by atoms with Crippen molar-refractivity contribution in [2.45, 2.75) is 25.7 Å². The molecule has 1 saturated heterocycles. The number of likely N-dealkylation sites (tertiary alicyclic amines) is 1. The molecule has 7 nitrogen and oxygen atoms in total. The molecule has 0 radical (unpaired) electrons. The number of carbonyl (C=O) groups excluding carboxylic acids is 1. The zero-order valence-electron chi connectivity index (χ0n) is 17.0. The summed E-state index contributed by atoms with van der Waals surface area (Å²) < 4.78 is 1.87. The van der Waals surface area contributed by atoms with Crippen LogP contribution < -0.4 is 10.6 Å². The Kier molecular flexibility index (Phi) is 6.68. The van der Waals surface area contributed by atoms with E-state index in [4.69, 9.17) is 4.99 Å². The number of amides is 1. The minimum atomic E-state index is -0.0581. The minimum Gasteiger partial charge on any atom is -0.357 e. The molecule has 3 rings (SSSR count). The van der Waals surface area contributed by atoms with Crippen LogP contribution in [0.5, 0.6) is 0 Å². The molecule has 1 aromatic carbocycles. The fourth-order valence-electron chi connectivity index (χ4n) is 3.60. The molecule has 1 aliphatic heterocycles. The van der Waals surface area contributed by atoms with Crippen LogP contribution in [0.1, 0.15) is 40.7 Å². The fraction of sp³-hybridized carbons (Fsp3) is 0.476. The summed E-state index contributed by atoms with van der Waals surface area (Å²) in [7, 11) is 3.61. The minimum absolute atomic E-state index is 0.0581. The first-order chi connectivity index (χ1) is 13.6. The summed E-state index contributed by atoms with van der Waals surface area (Å²) in [5.74, 6) is 1.41. The number of rotatable bonds is 6. The smallest absolute Gasteiger partial charge is 0.251 e. The van der Waals surface area contributed by atoms with E-state index in [1.807, 2.05) is 42.2 Å². The highest BCUT2D eigenvalue weighted by Crippen LogP contribution is 2.26. The topological polar surface area (TPSA) is 74.6 Å². The summed E-state index contributed by atoms with van der Waals surface area (Å²) in [6.45, 7) is 5.59. The van der Waals surface area contributed by atoms with E-state index in [2.05, 4.69) is 33.8 Å². The molecule has 150 valence electrons. The first-order valence-corrected chi connectivity index (χ1v) is 9.93. The van der Waals surface area contributed by atoms with Crippen molar-refractivity contribution in [3.8, 4) is 0 Å². The van der Waals surface area contributed by atoms with Crippen molar-refractivity contribution in [3.63, 3.8) is 0 Å². The van der Waals surface area contributed by atoms with Crippen LogP contribution in [0.25, 0.3) is 0 Å². The van der Waals surface area contributed by atoms with Gasteiger partial charge in [0.15, 0.2) is 5.96 Å². The first-order valence-electron chi connectivity index (χ1n) is 9.93. The molecule has 7 heteroatoms. The summed E-state index contributed by atoms with van der Waals surface area (Å²) in [4.78, 5) is 19.0. The van der Waals surface area contributed by atoms with Crippen LogP contribution in [-0.2, 0) is 13.5 Å². The van der Waals surface area contributed by atoms with Gasteiger partial charge >= 0.3 is 0 Å². The Balaban J connectivity index is 1.61. The normalized spacial score (nSPS) is 17.0. The Hall–Kier alpha value is -2.83. The summed E-state index contributed by atoms with van der Waals surface area (Å²) in [5, 5.41) is 10.4. The number of hydrogen-bond donors (Lipinski definition) is 2. The lowest BCUT2D eigenvalue weighted by Crippen LogP contribution is -2.40. The lowest BCUT2D eigenvalue weighted by atomic mass is 10.0. The Bertz CT molecular complexity index is 828. The molecule has 0 spiro atoms. The highest BCUT2D eigenvalue weighted by molar-refractivity contribution is 5.94. The van der Waals surface area contributed by atoms with E-state index in [-0.39, 0.29) is 5.91 Å². The molecule has 1 fully saturated rings. The van der Waals surface area contributed by atoms with Crippen molar-refractivity contribution in [2.75, 3.05) is 33.2 Å². The second-order valence-electron chi connectivity index (χ2n) is 7.14. The molecule has 2 heterocycles. The van der Waals surface area contributed by atoms with E-state index in [1.54, 1.807) is 7.05 Å². The summed E-state index contributed by atoms with van der Waals surface area (Å²) in [5.41, 5.74) is 3.11. The molecule has 1 unspecified atom stereocenters. The van der Waals surface area contributed by atoms with Gasteiger partial charge in [-0.25, -0.2) is 0 Å². The van der Waals surface area contributed by atoms with E-state index in [9.17, 15) is 4.79 Å². The van der Waals surface area contributed by atoms with Crippen LogP contribution in [0, 0.1) is 0 Å². The molecule has 0 bridgehead atoms. The number of nitrogens with zero attached hydrogens (tertiary/aromatic N) is 4. The van der Waals surface area contributed by atoms with Gasteiger partial charge in [0.1, 0.15) is 0 Å². The number of carbonyl (C=O) groups is 1. The van der Waals surface area contributed by atoms with Crippen LogP contribution in [0.3, 0.4) is 0 Å². The highest BCUT2D eigenvalue weighted by atomic mass is 16.1. The molecule has 0 aliphatic carbocycles. The van der Waals surface area contributed by atoms with E-state index >= 15 is 0 Å². The highest BCUT2D eigenvalue weighted by Gasteiger charge is 2.26. The van der Waals surface area contributed by atoms with Crippen LogP contribution in [-0.4, -0.2) is 59.8 Å². The van der Waals surface area contributed by atoms with E-state index in [1.165, 1.54) is 5.56 Å². The standard InChI is InChI=1S/C21H30N6O/c1-4-23-21(27-11-9-18(15-27)19-13-25-26(3)14-19)24-10-8-16-6-5-7-17(12-16)20(28)22-2/h5-7,12-14,18H,4,8-11,15H2,1-3H3,(H,22,28)(H,23,24). The number of nitrogens with one attached hydrogen (secondary N) is 2. The van der Waals surface area contributed by atoms with Gasteiger partial charge in [0.25, 0.3) is 5.91 Å². The van der Waals surface area contributed by atoms with Crippen molar-refractivity contribution in [2.24, 2.45) is 12.0 Å². The van der Waals surface area contributed by atoms with E-state index in [0.717, 1.165) is 44.0 Å². The summed E-state index contributed by atoms with van der Waals surface area (Å²) in [6, 6.07) is 7.74. The SMILES string of the molecule is CCNC(=NCCc1cccc(C(=O)NC)c1)N1CCC(c2cnn(C)c2)C1. The van der Waals surface area contributed by atoms with Crippen molar-refractivity contribution >= 4 is 11.9 Å². The third-order valence-electron chi connectivity index (χ3n) is 5.10. The number of aliphatic imine (C=N–C) groups is 1. The first kappa shape index (κ1) is 19.9.